The highest BCUT2D eigenvalue weighted by atomic mass is 19.1. The van der Waals surface area contributed by atoms with Crippen LogP contribution in [0.15, 0.2) is 59.4 Å². The molecule has 0 aromatic heterocycles. The third kappa shape index (κ3) is 10.7. The van der Waals surface area contributed by atoms with Gasteiger partial charge in [-0.3, -0.25) is 14.7 Å². The molecule has 2 atom stereocenters. The number of likely N-dealkylation sites (N-methyl/N-ethyl adjacent to an activating group) is 2. The number of hydrogen-bond donors (Lipinski definition) is 1. The summed E-state index contributed by atoms with van der Waals surface area (Å²) in [5.41, 5.74) is 0.791. The monoisotopic (exact) mass is 412 g/mol. The van der Waals surface area contributed by atoms with Gasteiger partial charge < -0.3 is 10.2 Å². The highest BCUT2D eigenvalue weighted by Gasteiger charge is 2.18. The average molecular weight is 413 g/mol. The van der Waals surface area contributed by atoms with E-state index in [-0.39, 0.29) is 23.7 Å². The largest absolute Gasteiger partial charge is 0.325 e. The maximum absolute atomic E-state index is 13.9. The lowest BCUT2D eigenvalue weighted by atomic mass is 10.1. The molecule has 0 aliphatic heterocycles. The summed E-state index contributed by atoms with van der Waals surface area (Å²) in [7, 11) is 3.93. The minimum Gasteiger partial charge on any atom is -0.325 e. The molecule has 1 aromatic rings. The molecule has 5 nitrogen and oxygen atoms in total. The van der Waals surface area contributed by atoms with Crippen LogP contribution in [0.1, 0.15) is 13.8 Å². The van der Waals surface area contributed by atoms with E-state index >= 15 is 0 Å². The smallest absolute Gasteiger partial charge is 0.241 e. The summed E-state index contributed by atoms with van der Waals surface area (Å²) in [6.45, 7) is 6.44. The maximum atomic E-state index is 13.9. The molecule has 162 valence electrons. The molecule has 0 saturated carbocycles. The lowest BCUT2D eigenvalue weighted by Crippen LogP contribution is -2.43. The molecule has 2 unspecified atom stereocenters. The van der Waals surface area contributed by atoms with Crippen molar-refractivity contribution >= 4 is 17.8 Å². The molecule has 0 saturated heterocycles. The number of hydrogen-bond acceptors (Lipinski definition) is 4. The molecule has 1 amide bonds. The zero-order chi connectivity index (χ0) is 22.4. The van der Waals surface area contributed by atoms with Crippen molar-refractivity contribution in [2.75, 3.05) is 45.6 Å². The van der Waals surface area contributed by atoms with Crippen LogP contribution in [-0.2, 0) is 4.79 Å². The number of allylic oxidation sites excluding steroid dienone is 2. The van der Waals surface area contributed by atoms with Gasteiger partial charge in [-0.15, -0.1) is 6.42 Å². The number of carbonyl (C=O) groups is 1. The van der Waals surface area contributed by atoms with E-state index < -0.39 is 0 Å². The van der Waals surface area contributed by atoms with Gasteiger partial charge in [-0.1, -0.05) is 37.1 Å². The second-order valence-electron chi connectivity index (χ2n) is 7.37. The van der Waals surface area contributed by atoms with Gasteiger partial charge >= 0.3 is 0 Å². The van der Waals surface area contributed by atoms with Gasteiger partial charge in [-0.2, -0.15) is 0 Å². The average Bonchev–Trinajstić information content (AvgIpc) is 2.71. The molecule has 0 aliphatic carbocycles. The quantitative estimate of drug-likeness (QED) is 0.324. The van der Waals surface area contributed by atoms with Gasteiger partial charge in [0.25, 0.3) is 0 Å². The zero-order valence-electron chi connectivity index (χ0n) is 18.4. The summed E-state index contributed by atoms with van der Waals surface area (Å²) in [4.78, 5) is 20.4. The molecule has 1 N–H and O–H groups in total. The molecule has 6 heteroatoms. The number of nitrogens with zero attached hydrogens (tertiary/aromatic N) is 3. The Hall–Kier alpha value is -2.75. The number of amides is 1. The first-order valence-corrected chi connectivity index (χ1v) is 10.1. The molecule has 0 bridgehead atoms. The van der Waals surface area contributed by atoms with Crippen LogP contribution < -0.4 is 5.32 Å². The molecule has 30 heavy (non-hydrogen) atoms. The number of rotatable bonds is 12. The van der Waals surface area contributed by atoms with E-state index in [1.54, 1.807) is 12.2 Å². The first-order chi connectivity index (χ1) is 14.3. The Morgan fingerprint density at radius 2 is 1.97 bits per heavy atom. The standard InChI is InChI=1S/C24H33FN4O/c1-6-14-26-15-10-11-22(25)18-20(2)19-28(4)16-17-29(5)21(3)24(30)27-23-12-8-7-9-13-23/h1,7-14,18,20-21H,15-17,19H2,2-5H3,(H,27,30)/b11-10-,22-18+,26-14-. The van der Waals surface area contributed by atoms with Gasteiger partial charge in [0, 0.05) is 25.3 Å². The van der Waals surface area contributed by atoms with Crippen LogP contribution in [0.3, 0.4) is 0 Å². The number of carbonyl (C=O) groups excluding carboxylic acids is 1. The predicted molar refractivity (Wildman–Crippen MR) is 124 cm³/mol. The Labute approximate surface area is 180 Å². The van der Waals surface area contributed by atoms with Crippen molar-refractivity contribution in [2.24, 2.45) is 10.9 Å². The lowest BCUT2D eigenvalue weighted by Gasteiger charge is -2.27. The first-order valence-electron chi connectivity index (χ1n) is 10.1. The number of halogens is 1. The van der Waals surface area contributed by atoms with E-state index in [0.29, 0.717) is 6.54 Å². The Balaban J connectivity index is 2.38. The van der Waals surface area contributed by atoms with Crippen molar-refractivity contribution in [3.63, 3.8) is 0 Å². The van der Waals surface area contributed by atoms with Crippen LogP contribution in [0.5, 0.6) is 0 Å². The molecular weight excluding hydrogens is 379 g/mol. The Bertz CT molecular complexity index is 767. The number of aliphatic imine (C=N–C) groups is 1. The van der Waals surface area contributed by atoms with Crippen LogP contribution in [-0.4, -0.2) is 68.2 Å². The number of terminal acetylenes is 1. The molecule has 0 fully saturated rings. The first kappa shape index (κ1) is 25.3. The Kier molecular flexibility index (Phi) is 12.0. The van der Waals surface area contributed by atoms with Gasteiger partial charge in [0.1, 0.15) is 5.83 Å². The summed E-state index contributed by atoms with van der Waals surface area (Å²) in [5, 5.41) is 2.92. The highest BCUT2D eigenvalue weighted by Crippen LogP contribution is 2.09. The fourth-order valence-corrected chi connectivity index (χ4v) is 2.78. The third-order valence-corrected chi connectivity index (χ3v) is 4.61. The van der Waals surface area contributed by atoms with Crippen molar-refractivity contribution in [3.8, 4) is 12.3 Å². The van der Waals surface area contributed by atoms with Crippen molar-refractivity contribution in [1.82, 2.24) is 9.80 Å². The number of nitrogens with one attached hydrogen (secondary N) is 1. The topological polar surface area (TPSA) is 47.9 Å². The molecule has 0 radical (unpaired) electrons. The minimum atomic E-state index is -0.282. The maximum Gasteiger partial charge on any atom is 0.241 e. The van der Waals surface area contributed by atoms with Gasteiger partial charge in [0.15, 0.2) is 0 Å². The zero-order valence-corrected chi connectivity index (χ0v) is 18.4. The lowest BCUT2D eigenvalue weighted by molar-refractivity contribution is -0.120. The van der Waals surface area contributed by atoms with Gasteiger partial charge in [0.05, 0.1) is 18.8 Å². The van der Waals surface area contributed by atoms with Crippen molar-refractivity contribution in [3.05, 3.63) is 54.4 Å². The Morgan fingerprint density at radius 1 is 1.27 bits per heavy atom. The SMILES string of the molecule is C#C/C=N\C/C=C\C(F)=C/C(C)CN(C)CCN(C)C(C)C(=O)Nc1ccccc1. The van der Waals surface area contributed by atoms with E-state index in [4.69, 9.17) is 6.42 Å². The van der Waals surface area contributed by atoms with Crippen LogP contribution in [0.4, 0.5) is 10.1 Å². The fraction of sp³-hybridized carbons (Fsp3) is 0.417. The molecule has 0 aliphatic rings. The van der Waals surface area contributed by atoms with Crippen LogP contribution in [0.25, 0.3) is 0 Å². The summed E-state index contributed by atoms with van der Waals surface area (Å²) < 4.78 is 13.9. The van der Waals surface area contributed by atoms with E-state index in [1.807, 2.05) is 63.2 Å². The molecule has 0 heterocycles. The summed E-state index contributed by atoms with van der Waals surface area (Å²) >= 11 is 0. The van der Waals surface area contributed by atoms with E-state index in [0.717, 1.165) is 25.3 Å². The van der Waals surface area contributed by atoms with E-state index in [9.17, 15) is 9.18 Å². The van der Waals surface area contributed by atoms with Gasteiger partial charge in [0.2, 0.25) is 5.91 Å². The van der Waals surface area contributed by atoms with Crippen molar-refractivity contribution < 1.29 is 9.18 Å². The van der Waals surface area contributed by atoms with Crippen LogP contribution in [0, 0.1) is 18.3 Å². The third-order valence-electron chi connectivity index (χ3n) is 4.61. The van der Waals surface area contributed by atoms with Crippen molar-refractivity contribution in [1.29, 1.82) is 0 Å². The minimum absolute atomic E-state index is 0.0388. The van der Waals surface area contributed by atoms with Crippen molar-refractivity contribution in [2.45, 2.75) is 19.9 Å². The second kappa shape index (κ2) is 14.3. The molecule has 1 rings (SSSR count). The van der Waals surface area contributed by atoms with Crippen LogP contribution in [0.2, 0.25) is 0 Å². The fourth-order valence-electron chi connectivity index (χ4n) is 2.78. The highest BCUT2D eigenvalue weighted by molar-refractivity contribution is 5.94. The normalized spacial score (nSPS) is 14.4. The summed E-state index contributed by atoms with van der Waals surface area (Å²) in [5.74, 6) is 2.02. The van der Waals surface area contributed by atoms with Crippen LogP contribution >= 0.6 is 0 Å². The molecular formula is C24H33FN4O. The number of anilines is 1. The molecule has 1 aromatic carbocycles. The second-order valence-corrected chi connectivity index (χ2v) is 7.37. The predicted octanol–water partition coefficient (Wildman–Crippen LogP) is 3.63. The summed E-state index contributed by atoms with van der Waals surface area (Å²) in [6.07, 6.45) is 11.0. The number of para-hydroxylation sites is 1. The number of benzene rings is 1. The van der Waals surface area contributed by atoms with Gasteiger partial charge in [-0.25, -0.2) is 4.39 Å². The van der Waals surface area contributed by atoms with Gasteiger partial charge in [-0.05, 0) is 51.2 Å². The van der Waals surface area contributed by atoms with E-state index in [2.05, 4.69) is 21.1 Å². The van der Waals surface area contributed by atoms with E-state index in [1.165, 1.54) is 12.3 Å². The summed E-state index contributed by atoms with van der Waals surface area (Å²) in [6, 6.07) is 9.17. The Morgan fingerprint density at radius 3 is 2.63 bits per heavy atom. The molecule has 0 spiro atoms.